The molecule has 0 saturated heterocycles. The van der Waals surface area contributed by atoms with Gasteiger partial charge in [-0.3, -0.25) is 0 Å². The van der Waals surface area contributed by atoms with Gasteiger partial charge in [-0.15, -0.1) is 0 Å². The minimum atomic E-state index is -1.45. The predicted molar refractivity (Wildman–Crippen MR) is 131 cm³/mol. The van der Waals surface area contributed by atoms with E-state index in [0.717, 1.165) is 44.8 Å². The van der Waals surface area contributed by atoms with Gasteiger partial charge in [0.15, 0.2) is 17.5 Å². The summed E-state index contributed by atoms with van der Waals surface area (Å²) in [5, 5.41) is 3.76. The van der Waals surface area contributed by atoms with Crippen LogP contribution in [0.4, 0.5) is 13.2 Å². The molecule has 3 heteroatoms. The fourth-order valence-corrected chi connectivity index (χ4v) is 4.65. The Kier molecular flexibility index (Phi) is 5.47. The van der Waals surface area contributed by atoms with Crippen LogP contribution in [0, 0.1) is 17.5 Å². The normalized spacial score (nSPS) is 11.6. The summed E-state index contributed by atoms with van der Waals surface area (Å²) in [5.74, 6) is -3.84. The van der Waals surface area contributed by atoms with Gasteiger partial charge in [0.1, 0.15) is 0 Å². The highest BCUT2D eigenvalue weighted by molar-refractivity contribution is 6.15. The van der Waals surface area contributed by atoms with Crippen molar-refractivity contribution in [3.8, 4) is 11.1 Å². The molecule has 0 spiro atoms. The Morgan fingerprint density at radius 3 is 1.76 bits per heavy atom. The third kappa shape index (κ3) is 3.70. The van der Waals surface area contributed by atoms with E-state index in [1.54, 1.807) is 0 Å². The predicted octanol–water partition coefficient (Wildman–Crippen LogP) is 8.70. The minimum Gasteiger partial charge on any atom is -0.204 e. The molecular formula is C30H21F3. The van der Waals surface area contributed by atoms with Gasteiger partial charge in [-0.25, -0.2) is 13.2 Å². The second-order valence-electron chi connectivity index (χ2n) is 8.07. The van der Waals surface area contributed by atoms with E-state index in [4.69, 9.17) is 0 Å². The molecule has 0 aromatic heterocycles. The standard InChI is InChI=1S/C30H21F3/c1-2-9-19-10-3-4-11-20(19)16-26-22-12-5-7-14-24(22)29(25-15-8-6-13-23(25)26)21-17-27(31)30(33)28(32)18-21/h2-15,17-18H,16H2,1H3/b9-2-. The first-order valence-corrected chi connectivity index (χ1v) is 10.9. The van der Waals surface area contributed by atoms with Gasteiger partial charge in [-0.2, -0.15) is 0 Å². The maximum absolute atomic E-state index is 14.2. The van der Waals surface area contributed by atoms with Crippen molar-refractivity contribution < 1.29 is 13.2 Å². The molecule has 0 unspecified atom stereocenters. The van der Waals surface area contributed by atoms with Crippen LogP contribution in [0.3, 0.4) is 0 Å². The first-order chi connectivity index (χ1) is 16.1. The van der Waals surface area contributed by atoms with Gasteiger partial charge in [0.05, 0.1) is 0 Å². The molecule has 0 atom stereocenters. The van der Waals surface area contributed by atoms with Crippen LogP contribution in [0.25, 0.3) is 38.7 Å². The summed E-state index contributed by atoms with van der Waals surface area (Å²) < 4.78 is 42.1. The Labute approximate surface area is 190 Å². The molecule has 33 heavy (non-hydrogen) atoms. The summed E-state index contributed by atoms with van der Waals surface area (Å²) in [4.78, 5) is 0. The zero-order valence-electron chi connectivity index (χ0n) is 18.1. The van der Waals surface area contributed by atoms with E-state index in [1.165, 1.54) is 5.56 Å². The van der Waals surface area contributed by atoms with Gasteiger partial charge in [0, 0.05) is 0 Å². The van der Waals surface area contributed by atoms with Crippen molar-refractivity contribution in [2.24, 2.45) is 0 Å². The average Bonchev–Trinajstić information content (AvgIpc) is 2.83. The molecule has 0 radical (unpaired) electrons. The molecule has 0 saturated carbocycles. The highest BCUT2D eigenvalue weighted by Gasteiger charge is 2.19. The van der Waals surface area contributed by atoms with Gasteiger partial charge in [-0.05, 0) is 74.8 Å². The molecule has 5 rings (SSSR count). The Balaban J connectivity index is 1.85. The summed E-state index contributed by atoms with van der Waals surface area (Å²) >= 11 is 0. The van der Waals surface area contributed by atoms with E-state index in [9.17, 15) is 13.2 Å². The first kappa shape index (κ1) is 21.0. The maximum Gasteiger partial charge on any atom is 0.194 e. The molecule has 0 heterocycles. The van der Waals surface area contributed by atoms with Gasteiger partial charge < -0.3 is 0 Å². The van der Waals surface area contributed by atoms with E-state index in [1.807, 2.05) is 73.7 Å². The van der Waals surface area contributed by atoms with Crippen molar-refractivity contribution in [1.29, 1.82) is 0 Å². The van der Waals surface area contributed by atoms with E-state index in [2.05, 4.69) is 18.2 Å². The third-order valence-corrected chi connectivity index (χ3v) is 6.08. The van der Waals surface area contributed by atoms with E-state index in [0.29, 0.717) is 17.5 Å². The topological polar surface area (TPSA) is 0 Å². The highest BCUT2D eigenvalue weighted by Crippen LogP contribution is 2.41. The maximum atomic E-state index is 14.2. The van der Waals surface area contributed by atoms with Crippen molar-refractivity contribution >= 4 is 27.6 Å². The van der Waals surface area contributed by atoms with Crippen molar-refractivity contribution in [2.45, 2.75) is 13.3 Å². The number of hydrogen-bond acceptors (Lipinski definition) is 0. The van der Waals surface area contributed by atoms with Gasteiger partial charge in [0.25, 0.3) is 0 Å². The van der Waals surface area contributed by atoms with Crippen LogP contribution < -0.4 is 0 Å². The first-order valence-electron chi connectivity index (χ1n) is 10.9. The zero-order chi connectivity index (χ0) is 22.9. The van der Waals surface area contributed by atoms with Gasteiger partial charge in [0.2, 0.25) is 0 Å². The lowest BCUT2D eigenvalue weighted by Crippen LogP contribution is -1.98. The summed E-state index contributed by atoms with van der Waals surface area (Å²) in [6.07, 6.45) is 4.82. The van der Waals surface area contributed by atoms with Crippen LogP contribution in [-0.4, -0.2) is 0 Å². The van der Waals surface area contributed by atoms with Crippen LogP contribution in [0.1, 0.15) is 23.6 Å². The molecule has 0 aliphatic heterocycles. The number of allylic oxidation sites excluding steroid dienone is 1. The van der Waals surface area contributed by atoms with Crippen molar-refractivity contribution in [2.75, 3.05) is 0 Å². The molecule has 0 aliphatic rings. The lowest BCUT2D eigenvalue weighted by Gasteiger charge is -2.18. The number of hydrogen-bond donors (Lipinski definition) is 0. The monoisotopic (exact) mass is 438 g/mol. The Morgan fingerprint density at radius 2 is 1.18 bits per heavy atom. The molecule has 162 valence electrons. The van der Waals surface area contributed by atoms with Gasteiger partial charge >= 0.3 is 0 Å². The summed E-state index contributed by atoms with van der Waals surface area (Å²) in [6, 6.07) is 26.2. The fourth-order valence-electron chi connectivity index (χ4n) is 4.65. The largest absolute Gasteiger partial charge is 0.204 e. The Morgan fingerprint density at radius 1 is 0.667 bits per heavy atom. The highest BCUT2D eigenvalue weighted by atomic mass is 19.2. The zero-order valence-corrected chi connectivity index (χ0v) is 18.1. The van der Waals surface area contributed by atoms with E-state index in [-0.39, 0.29) is 0 Å². The van der Waals surface area contributed by atoms with E-state index < -0.39 is 17.5 Å². The van der Waals surface area contributed by atoms with Crippen molar-refractivity contribution in [3.63, 3.8) is 0 Å². The van der Waals surface area contributed by atoms with Crippen LogP contribution >= 0.6 is 0 Å². The molecule has 5 aromatic carbocycles. The average molecular weight is 438 g/mol. The second-order valence-corrected chi connectivity index (χ2v) is 8.07. The number of halogens is 3. The molecular weight excluding hydrogens is 417 g/mol. The van der Waals surface area contributed by atoms with Gasteiger partial charge in [-0.1, -0.05) is 84.9 Å². The Bertz CT molecular complexity index is 1450. The minimum absolute atomic E-state index is 0.319. The quantitative estimate of drug-likeness (QED) is 0.194. The van der Waals surface area contributed by atoms with Crippen molar-refractivity contribution in [3.05, 3.63) is 125 Å². The summed E-state index contributed by atoms with van der Waals surface area (Å²) in [7, 11) is 0. The molecule has 5 aromatic rings. The molecule has 0 fully saturated rings. The lowest BCUT2D eigenvalue weighted by atomic mass is 9.85. The lowest BCUT2D eigenvalue weighted by molar-refractivity contribution is 0.448. The SMILES string of the molecule is C/C=C\c1ccccc1Cc1c2ccccc2c(-c2cc(F)c(F)c(F)c2)c2ccccc12. The van der Waals surface area contributed by atoms with Crippen LogP contribution in [0.5, 0.6) is 0 Å². The summed E-state index contributed by atoms with van der Waals surface area (Å²) in [5.41, 5.74) is 4.51. The fraction of sp³-hybridized carbons (Fsp3) is 0.0667. The smallest absolute Gasteiger partial charge is 0.194 e. The molecule has 0 nitrogen and oxygen atoms in total. The van der Waals surface area contributed by atoms with Crippen LogP contribution in [0.15, 0.2) is 91.0 Å². The Hall–Kier alpha value is -3.85. The number of benzene rings is 5. The molecule has 0 bridgehead atoms. The number of fused-ring (bicyclic) bond motifs is 2. The molecule has 0 amide bonds. The van der Waals surface area contributed by atoms with E-state index >= 15 is 0 Å². The molecule has 0 N–H and O–H groups in total. The third-order valence-electron chi connectivity index (χ3n) is 6.08. The molecule has 0 aliphatic carbocycles. The summed E-state index contributed by atoms with van der Waals surface area (Å²) in [6.45, 7) is 2.00. The second kappa shape index (κ2) is 8.59. The van der Waals surface area contributed by atoms with Crippen molar-refractivity contribution in [1.82, 2.24) is 0 Å². The van der Waals surface area contributed by atoms with Crippen LogP contribution in [0.2, 0.25) is 0 Å². The van der Waals surface area contributed by atoms with Crippen LogP contribution in [-0.2, 0) is 6.42 Å². The number of rotatable bonds is 4.